The van der Waals surface area contributed by atoms with E-state index in [4.69, 9.17) is 0 Å². The van der Waals surface area contributed by atoms with Crippen LogP contribution >= 0.6 is 0 Å². The van der Waals surface area contributed by atoms with Gasteiger partial charge in [0.05, 0.1) is 5.69 Å². The minimum Gasteiger partial charge on any atom is -0.478 e. The molecule has 1 aromatic heterocycles. The van der Waals surface area contributed by atoms with Crippen molar-refractivity contribution in [1.29, 1.82) is 0 Å². The maximum Gasteiger partial charge on any atom is 0.339 e. The second-order valence-corrected chi connectivity index (χ2v) is 5.13. The molecule has 0 saturated heterocycles. The molecule has 1 aromatic rings. The van der Waals surface area contributed by atoms with Crippen LogP contribution in [0.4, 0.5) is 5.82 Å². The van der Waals surface area contributed by atoms with Crippen LogP contribution in [-0.4, -0.2) is 27.3 Å². The second-order valence-electron chi connectivity index (χ2n) is 5.13. The second kappa shape index (κ2) is 5.55. The molecule has 5 nitrogen and oxygen atoms in total. The Hall–Kier alpha value is -1.65. The number of nitrogens with one attached hydrogen (secondary N) is 1. The highest BCUT2D eigenvalue weighted by atomic mass is 16.4. The number of carboxylic acids is 1. The number of rotatable bonds is 6. The van der Waals surface area contributed by atoms with E-state index in [1.165, 1.54) is 12.8 Å². The zero-order valence-corrected chi connectivity index (χ0v) is 11.7. The van der Waals surface area contributed by atoms with Crippen molar-refractivity contribution in [1.82, 2.24) is 10.2 Å². The van der Waals surface area contributed by atoms with Gasteiger partial charge in [0.2, 0.25) is 0 Å². The van der Waals surface area contributed by atoms with Crippen LogP contribution in [0.2, 0.25) is 0 Å². The molecular weight excluding hydrogens is 242 g/mol. The normalized spacial score (nSPS) is 16.2. The Morgan fingerprint density at radius 1 is 1.37 bits per heavy atom. The van der Waals surface area contributed by atoms with Crippen molar-refractivity contribution in [3.8, 4) is 0 Å². The fourth-order valence-corrected chi connectivity index (χ4v) is 2.43. The number of aromatic carboxylic acids is 1. The molecule has 5 heteroatoms. The first-order chi connectivity index (χ1) is 9.08. The Kier molecular flexibility index (Phi) is 4.02. The average molecular weight is 263 g/mol. The SMILES string of the molecule is CCc1nnc(NC(C)C2CC2)c(C(=O)O)c1CC. The summed E-state index contributed by atoms with van der Waals surface area (Å²) >= 11 is 0. The average Bonchev–Trinajstić information content (AvgIpc) is 3.21. The van der Waals surface area contributed by atoms with E-state index in [9.17, 15) is 9.90 Å². The summed E-state index contributed by atoms with van der Waals surface area (Å²) in [5.41, 5.74) is 1.88. The zero-order chi connectivity index (χ0) is 14.0. The van der Waals surface area contributed by atoms with E-state index in [-0.39, 0.29) is 6.04 Å². The summed E-state index contributed by atoms with van der Waals surface area (Å²) in [7, 11) is 0. The number of aromatic nitrogens is 2. The van der Waals surface area contributed by atoms with E-state index in [0.29, 0.717) is 30.1 Å². The molecule has 1 atom stereocenters. The first-order valence-electron chi connectivity index (χ1n) is 6.96. The Morgan fingerprint density at radius 2 is 2.05 bits per heavy atom. The van der Waals surface area contributed by atoms with Gasteiger partial charge in [-0.3, -0.25) is 0 Å². The Morgan fingerprint density at radius 3 is 2.53 bits per heavy atom. The molecule has 1 saturated carbocycles. The first-order valence-corrected chi connectivity index (χ1v) is 6.96. The maximum absolute atomic E-state index is 11.5. The molecule has 0 aromatic carbocycles. The van der Waals surface area contributed by atoms with Gasteiger partial charge in [-0.1, -0.05) is 13.8 Å². The van der Waals surface area contributed by atoms with Crippen molar-refractivity contribution in [3.05, 3.63) is 16.8 Å². The van der Waals surface area contributed by atoms with Gasteiger partial charge >= 0.3 is 5.97 Å². The zero-order valence-electron chi connectivity index (χ0n) is 11.7. The van der Waals surface area contributed by atoms with Gasteiger partial charge < -0.3 is 10.4 Å². The van der Waals surface area contributed by atoms with Gasteiger partial charge in [0, 0.05) is 6.04 Å². The Bertz CT molecular complexity index is 484. The van der Waals surface area contributed by atoms with E-state index in [0.717, 1.165) is 11.3 Å². The third-order valence-electron chi connectivity index (χ3n) is 3.75. The summed E-state index contributed by atoms with van der Waals surface area (Å²) in [5.74, 6) is 0.132. The van der Waals surface area contributed by atoms with Gasteiger partial charge in [-0.15, -0.1) is 5.10 Å². The van der Waals surface area contributed by atoms with Crippen LogP contribution in [0.25, 0.3) is 0 Å². The lowest BCUT2D eigenvalue weighted by Crippen LogP contribution is -2.22. The molecule has 2 N–H and O–H groups in total. The molecule has 0 radical (unpaired) electrons. The van der Waals surface area contributed by atoms with Gasteiger partial charge in [0.1, 0.15) is 5.56 Å². The molecule has 0 bridgehead atoms. The molecule has 1 aliphatic rings. The van der Waals surface area contributed by atoms with Crippen LogP contribution in [0, 0.1) is 5.92 Å². The molecule has 0 aliphatic heterocycles. The van der Waals surface area contributed by atoms with Crippen molar-refractivity contribution >= 4 is 11.8 Å². The number of carboxylic acid groups (broad SMARTS) is 1. The van der Waals surface area contributed by atoms with Crippen molar-refractivity contribution in [2.24, 2.45) is 5.92 Å². The molecule has 2 rings (SSSR count). The van der Waals surface area contributed by atoms with E-state index in [1.54, 1.807) is 0 Å². The third-order valence-corrected chi connectivity index (χ3v) is 3.75. The summed E-state index contributed by atoms with van der Waals surface area (Å²) in [6.07, 6.45) is 3.77. The predicted molar refractivity (Wildman–Crippen MR) is 73.6 cm³/mol. The van der Waals surface area contributed by atoms with Crippen LogP contribution in [-0.2, 0) is 12.8 Å². The highest BCUT2D eigenvalue weighted by molar-refractivity contribution is 5.95. The highest BCUT2D eigenvalue weighted by Gasteiger charge is 2.30. The van der Waals surface area contributed by atoms with Crippen molar-refractivity contribution < 1.29 is 9.90 Å². The number of hydrogen-bond acceptors (Lipinski definition) is 4. The monoisotopic (exact) mass is 263 g/mol. The van der Waals surface area contributed by atoms with Crippen LogP contribution in [0.5, 0.6) is 0 Å². The standard InChI is InChI=1S/C14H21N3O2/c1-4-10-11(5-2)16-17-13(12(10)14(18)19)15-8(3)9-6-7-9/h8-9H,4-7H2,1-3H3,(H,15,17)(H,18,19). The molecule has 1 heterocycles. The summed E-state index contributed by atoms with van der Waals surface area (Å²) < 4.78 is 0. The highest BCUT2D eigenvalue weighted by Crippen LogP contribution is 2.34. The molecule has 0 spiro atoms. The van der Waals surface area contributed by atoms with Gasteiger partial charge in [0.25, 0.3) is 0 Å². The van der Waals surface area contributed by atoms with E-state index in [2.05, 4.69) is 22.4 Å². The van der Waals surface area contributed by atoms with E-state index >= 15 is 0 Å². The van der Waals surface area contributed by atoms with E-state index in [1.807, 2.05) is 13.8 Å². The minimum atomic E-state index is -0.924. The predicted octanol–water partition coefficient (Wildman–Crippen LogP) is 2.51. The van der Waals surface area contributed by atoms with Crippen molar-refractivity contribution in [2.75, 3.05) is 5.32 Å². The number of hydrogen-bond donors (Lipinski definition) is 2. The third kappa shape index (κ3) is 2.85. The quantitative estimate of drug-likeness (QED) is 0.824. The number of carbonyl (C=O) groups is 1. The molecule has 1 aliphatic carbocycles. The number of nitrogens with zero attached hydrogens (tertiary/aromatic N) is 2. The van der Waals surface area contributed by atoms with Crippen LogP contribution in [0.1, 0.15) is 55.2 Å². The van der Waals surface area contributed by atoms with Crippen LogP contribution in [0.15, 0.2) is 0 Å². The summed E-state index contributed by atoms with van der Waals surface area (Å²) in [4.78, 5) is 11.5. The molecule has 19 heavy (non-hydrogen) atoms. The van der Waals surface area contributed by atoms with Crippen molar-refractivity contribution in [3.63, 3.8) is 0 Å². The maximum atomic E-state index is 11.5. The summed E-state index contributed by atoms with van der Waals surface area (Å²) in [5, 5.41) is 20.9. The Balaban J connectivity index is 2.38. The Labute approximate surface area is 113 Å². The number of anilines is 1. The topological polar surface area (TPSA) is 75.1 Å². The summed E-state index contributed by atoms with van der Waals surface area (Å²) in [6.45, 7) is 6.00. The smallest absolute Gasteiger partial charge is 0.339 e. The van der Waals surface area contributed by atoms with Gasteiger partial charge in [-0.2, -0.15) is 5.10 Å². The fourth-order valence-electron chi connectivity index (χ4n) is 2.43. The van der Waals surface area contributed by atoms with Crippen LogP contribution < -0.4 is 5.32 Å². The number of aryl methyl sites for hydroxylation is 1. The van der Waals surface area contributed by atoms with Gasteiger partial charge in [-0.05, 0) is 44.1 Å². The van der Waals surface area contributed by atoms with Crippen LogP contribution in [0.3, 0.4) is 0 Å². The van der Waals surface area contributed by atoms with Crippen molar-refractivity contribution in [2.45, 2.75) is 52.5 Å². The minimum absolute atomic E-state index is 0.254. The summed E-state index contributed by atoms with van der Waals surface area (Å²) in [6, 6.07) is 0.254. The van der Waals surface area contributed by atoms with E-state index < -0.39 is 5.97 Å². The first kappa shape index (κ1) is 13.8. The molecule has 1 fully saturated rings. The van der Waals surface area contributed by atoms with Gasteiger partial charge in [-0.25, -0.2) is 4.79 Å². The lowest BCUT2D eigenvalue weighted by Gasteiger charge is -2.17. The molecular formula is C14H21N3O2. The molecule has 1 unspecified atom stereocenters. The van der Waals surface area contributed by atoms with Gasteiger partial charge in [0.15, 0.2) is 5.82 Å². The lowest BCUT2D eigenvalue weighted by molar-refractivity contribution is 0.0696. The fraction of sp³-hybridized carbons (Fsp3) is 0.643. The lowest BCUT2D eigenvalue weighted by atomic mass is 10.0. The molecule has 104 valence electrons. The largest absolute Gasteiger partial charge is 0.478 e. The molecule has 0 amide bonds.